The third-order valence-corrected chi connectivity index (χ3v) is 10.7. The number of thiophene rings is 1. The van der Waals surface area contributed by atoms with Gasteiger partial charge in [0.2, 0.25) is 10.0 Å². The van der Waals surface area contributed by atoms with Crippen LogP contribution in [-0.4, -0.2) is 45.1 Å². The van der Waals surface area contributed by atoms with Gasteiger partial charge in [-0.1, -0.05) is 19.1 Å². The van der Waals surface area contributed by atoms with Crippen molar-refractivity contribution in [1.29, 1.82) is 0 Å². The smallest absolute Gasteiger partial charge is 0.240 e. The molecule has 180 valence electrons. The summed E-state index contributed by atoms with van der Waals surface area (Å²) in [5.74, 6) is 0.558. The van der Waals surface area contributed by atoms with E-state index in [9.17, 15) is 8.42 Å². The summed E-state index contributed by atoms with van der Waals surface area (Å²) in [7, 11) is -3.44. The molecule has 1 N–H and O–H groups in total. The van der Waals surface area contributed by atoms with Gasteiger partial charge >= 0.3 is 0 Å². The van der Waals surface area contributed by atoms with Crippen molar-refractivity contribution in [1.82, 2.24) is 9.62 Å². The molecule has 1 aromatic heterocycles. The Bertz CT molecular complexity index is 1110. The first kappa shape index (κ1) is 23.5. The second kappa shape index (κ2) is 9.08. The fourth-order valence-electron chi connectivity index (χ4n) is 5.93. The standard InChI is InChI=1S/C26H36N2O3S2/c1-4-22-15-24-25(32-22)8-11-31-26(24)9-10-28(19(3)16-26)17-20-13-21(14-20)27-33(29,30)23-7-5-6-18(2)12-23/h5-7,12,15,19-21,27H,4,8-11,13-14,16-17H2,1-3H3/t19-,20-,21+,26+/m0/s1. The fourth-order valence-corrected chi connectivity index (χ4v) is 8.47. The minimum Gasteiger partial charge on any atom is -0.370 e. The lowest BCUT2D eigenvalue weighted by Gasteiger charge is -2.49. The van der Waals surface area contributed by atoms with E-state index in [1.807, 2.05) is 24.3 Å². The Morgan fingerprint density at radius 3 is 2.82 bits per heavy atom. The van der Waals surface area contributed by atoms with E-state index in [4.69, 9.17) is 4.74 Å². The number of nitrogens with one attached hydrogen (secondary N) is 1. The van der Waals surface area contributed by atoms with E-state index in [0.717, 1.165) is 63.8 Å². The highest BCUT2D eigenvalue weighted by atomic mass is 32.2. The number of likely N-dealkylation sites (tertiary alicyclic amines) is 1. The largest absolute Gasteiger partial charge is 0.370 e. The number of sulfonamides is 1. The summed E-state index contributed by atoms with van der Waals surface area (Å²) in [5.41, 5.74) is 2.33. The number of benzene rings is 1. The van der Waals surface area contributed by atoms with Crippen LogP contribution in [0.5, 0.6) is 0 Å². The predicted octanol–water partition coefficient (Wildman–Crippen LogP) is 4.63. The number of fused-ring (bicyclic) bond motifs is 2. The van der Waals surface area contributed by atoms with Crippen molar-refractivity contribution in [2.45, 2.75) is 81.9 Å². The zero-order chi connectivity index (χ0) is 23.2. The maximum Gasteiger partial charge on any atom is 0.240 e. The second-order valence-electron chi connectivity index (χ2n) is 10.3. The van der Waals surface area contributed by atoms with Gasteiger partial charge in [-0.3, -0.25) is 0 Å². The third kappa shape index (κ3) is 4.67. The Labute approximate surface area is 202 Å². The van der Waals surface area contributed by atoms with E-state index >= 15 is 0 Å². The third-order valence-electron chi connectivity index (χ3n) is 7.81. The molecule has 1 saturated heterocycles. The van der Waals surface area contributed by atoms with E-state index in [2.05, 4.69) is 29.5 Å². The highest BCUT2D eigenvalue weighted by Crippen LogP contribution is 2.46. The topological polar surface area (TPSA) is 58.6 Å². The highest BCUT2D eigenvalue weighted by Gasteiger charge is 2.45. The first-order valence-corrected chi connectivity index (χ1v) is 14.7. The summed E-state index contributed by atoms with van der Waals surface area (Å²) in [5, 5.41) is 0. The number of piperidine rings is 1. The quantitative estimate of drug-likeness (QED) is 0.644. The first-order valence-electron chi connectivity index (χ1n) is 12.4. The molecule has 5 rings (SSSR count). The molecule has 2 fully saturated rings. The van der Waals surface area contributed by atoms with Gasteiger partial charge in [0.05, 0.1) is 17.1 Å². The van der Waals surface area contributed by atoms with Crippen molar-refractivity contribution >= 4 is 21.4 Å². The molecule has 2 aliphatic heterocycles. The van der Waals surface area contributed by atoms with Crippen molar-refractivity contribution in [2.75, 3.05) is 19.7 Å². The number of aryl methyl sites for hydroxylation is 2. The highest BCUT2D eigenvalue weighted by molar-refractivity contribution is 7.89. The molecule has 1 aromatic carbocycles. The van der Waals surface area contributed by atoms with Crippen molar-refractivity contribution in [2.24, 2.45) is 5.92 Å². The number of hydrogen-bond acceptors (Lipinski definition) is 5. The van der Waals surface area contributed by atoms with Crippen LogP contribution in [0.1, 0.15) is 60.4 Å². The van der Waals surface area contributed by atoms with E-state index < -0.39 is 10.0 Å². The van der Waals surface area contributed by atoms with Crippen LogP contribution >= 0.6 is 11.3 Å². The lowest BCUT2D eigenvalue weighted by molar-refractivity contribution is -0.114. The first-order chi connectivity index (χ1) is 15.8. The number of nitrogens with zero attached hydrogens (tertiary/aromatic N) is 1. The monoisotopic (exact) mass is 488 g/mol. The molecule has 1 spiro atoms. The van der Waals surface area contributed by atoms with Crippen LogP contribution in [0, 0.1) is 12.8 Å². The summed E-state index contributed by atoms with van der Waals surface area (Å²) >= 11 is 1.98. The summed E-state index contributed by atoms with van der Waals surface area (Å²) in [6.45, 7) is 9.44. The van der Waals surface area contributed by atoms with Gasteiger partial charge in [-0.05, 0) is 81.2 Å². The Morgan fingerprint density at radius 1 is 1.27 bits per heavy atom. The average molecular weight is 489 g/mol. The Balaban J connectivity index is 1.15. The number of rotatable bonds is 6. The van der Waals surface area contributed by atoms with Gasteiger partial charge < -0.3 is 9.64 Å². The summed E-state index contributed by atoms with van der Waals surface area (Å²) in [6, 6.07) is 10.1. The maximum absolute atomic E-state index is 12.7. The van der Waals surface area contributed by atoms with Gasteiger partial charge in [0.15, 0.2) is 0 Å². The van der Waals surface area contributed by atoms with E-state index in [1.165, 1.54) is 10.4 Å². The normalized spacial score (nSPS) is 30.2. The van der Waals surface area contributed by atoms with Gasteiger partial charge in [0, 0.05) is 41.3 Å². The molecule has 3 aliphatic rings. The molecule has 1 aliphatic carbocycles. The van der Waals surface area contributed by atoms with Gasteiger partial charge in [-0.25, -0.2) is 13.1 Å². The van der Waals surface area contributed by atoms with Crippen LogP contribution < -0.4 is 4.72 Å². The van der Waals surface area contributed by atoms with Crippen LogP contribution in [0.3, 0.4) is 0 Å². The van der Waals surface area contributed by atoms with Gasteiger partial charge in [-0.15, -0.1) is 11.3 Å². The molecule has 7 heteroatoms. The Kier molecular flexibility index (Phi) is 6.46. The number of ether oxygens (including phenoxy) is 1. The van der Waals surface area contributed by atoms with Crippen LogP contribution in [0.15, 0.2) is 35.2 Å². The summed E-state index contributed by atoms with van der Waals surface area (Å²) in [6.07, 6.45) is 6.11. The molecule has 0 radical (unpaired) electrons. The predicted molar refractivity (Wildman–Crippen MR) is 133 cm³/mol. The zero-order valence-corrected chi connectivity index (χ0v) is 21.6. The molecule has 1 saturated carbocycles. The molecule has 0 amide bonds. The van der Waals surface area contributed by atoms with Gasteiger partial charge in [0.25, 0.3) is 0 Å². The molecule has 0 unspecified atom stereocenters. The number of hydrogen-bond donors (Lipinski definition) is 1. The van der Waals surface area contributed by atoms with Crippen LogP contribution in [0.2, 0.25) is 0 Å². The van der Waals surface area contributed by atoms with Crippen LogP contribution in [0.4, 0.5) is 0 Å². The molecule has 33 heavy (non-hydrogen) atoms. The molecule has 0 bridgehead atoms. The van der Waals surface area contributed by atoms with E-state index in [-0.39, 0.29) is 11.6 Å². The van der Waals surface area contributed by atoms with E-state index in [1.54, 1.807) is 23.1 Å². The minimum atomic E-state index is -3.44. The van der Waals surface area contributed by atoms with Crippen molar-refractivity contribution in [3.05, 3.63) is 51.2 Å². The maximum atomic E-state index is 12.7. The molecule has 3 heterocycles. The fraction of sp³-hybridized carbons (Fsp3) is 0.615. The van der Waals surface area contributed by atoms with Crippen molar-refractivity contribution < 1.29 is 13.2 Å². The molecular weight excluding hydrogens is 452 g/mol. The molecule has 5 nitrogen and oxygen atoms in total. The molecule has 2 atom stereocenters. The molecular formula is C26H36N2O3S2. The van der Waals surface area contributed by atoms with Crippen molar-refractivity contribution in [3.8, 4) is 0 Å². The lowest BCUT2D eigenvalue weighted by Crippen LogP contribution is -2.54. The Morgan fingerprint density at radius 2 is 2.09 bits per heavy atom. The summed E-state index contributed by atoms with van der Waals surface area (Å²) < 4.78 is 34.8. The van der Waals surface area contributed by atoms with Gasteiger partial charge in [-0.2, -0.15) is 0 Å². The summed E-state index contributed by atoms with van der Waals surface area (Å²) in [4.78, 5) is 5.99. The minimum absolute atomic E-state index is 0.0504. The van der Waals surface area contributed by atoms with E-state index in [0.29, 0.717) is 16.9 Å². The second-order valence-corrected chi connectivity index (χ2v) is 13.2. The lowest BCUT2D eigenvalue weighted by atomic mass is 9.77. The van der Waals surface area contributed by atoms with Gasteiger partial charge in [0.1, 0.15) is 0 Å². The zero-order valence-electron chi connectivity index (χ0n) is 20.0. The van der Waals surface area contributed by atoms with Crippen molar-refractivity contribution in [3.63, 3.8) is 0 Å². The van der Waals surface area contributed by atoms with Crippen LogP contribution in [-0.2, 0) is 33.2 Å². The average Bonchev–Trinajstić information content (AvgIpc) is 3.19. The van der Waals surface area contributed by atoms with Crippen LogP contribution in [0.25, 0.3) is 0 Å². The molecule has 2 aromatic rings. The Hall–Kier alpha value is -1.25. The SMILES string of the molecule is CCc1cc2c(s1)CCO[C@@]21CCN(C[C@H]2C[C@@H](NS(=O)(=O)c3cccc(C)c3)C2)[C@@H](C)C1.